The van der Waals surface area contributed by atoms with E-state index in [9.17, 15) is 14.0 Å². The summed E-state index contributed by atoms with van der Waals surface area (Å²) in [6, 6.07) is 11.2. The smallest absolute Gasteiger partial charge is 0.258 e. The van der Waals surface area contributed by atoms with Crippen LogP contribution in [0.25, 0.3) is 0 Å². The highest BCUT2D eigenvalue weighted by molar-refractivity contribution is 6.30. The lowest BCUT2D eigenvalue weighted by molar-refractivity contribution is -0.137. The zero-order valence-corrected chi connectivity index (χ0v) is 18.2. The van der Waals surface area contributed by atoms with Crippen molar-refractivity contribution in [1.29, 1.82) is 0 Å². The average Bonchev–Trinajstić information content (AvgIpc) is 2.76. The molecule has 0 aliphatic carbocycles. The minimum Gasteiger partial charge on any atom is -0.484 e. The molecule has 1 saturated heterocycles. The second kappa shape index (κ2) is 11.3. The van der Waals surface area contributed by atoms with Crippen molar-refractivity contribution in [3.63, 3.8) is 0 Å². The van der Waals surface area contributed by atoms with E-state index in [-0.39, 0.29) is 41.8 Å². The van der Waals surface area contributed by atoms with E-state index in [1.54, 1.807) is 0 Å². The van der Waals surface area contributed by atoms with Gasteiger partial charge in [-0.25, -0.2) is 4.39 Å². The van der Waals surface area contributed by atoms with Gasteiger partial charge in [0.05, 0.1) is 17.7 Å². The van der Waals surface area contributed by atoms with Gasteiger partial charge in [-0.05, 0) is 49.1 Å². The molecule has 1 aliphatic heterocycles. The van der Waals surface area contributed by atoms with Crippen LogP contribution in [0.5, 0.6) is 5.75 Å². The molecule has 2 aromatic rings. The molecular formula is C22H23Cl2FN2O4. The summed E-state index contributed by atoms with van der Waals surface area (Å²) < 4.78 is 24.3. The van der Waals surface area contributed by atoms with Gasteiger partial charge in [0.15, 0.2) is 6.61 Å². The fraction of sp³-hybridized carbons (Fsp3) is 0.364. The van der Waals surface area contributed by atoms with Gasteiger partial charge in [-0.3, -0.25) is 9.59 Å². The Balaban J connectivity index is 1.32. The predicted molar refractivity (Wildman–Crippen MR) is 116 cm³/mol. The molecule has 166 valence electrons. The summed E-state index contributed by atoms with van der Waals surface area (Å²) in [7, 11) is 0. The molecule has 1 aliphatic rings. The molecule has 0 unspecified atom stereocenters. The van der Waals surface area contributed by atoms with E-state index >= 15 is 0 Å². The minimum absolute atomic E-state index is 0.0141. The molecule has 0 spiro atoms. The van der Waals surface area contributed by atoms with Gasteiger partial charge in [0.25, 0.3) is 5.91 Å². The topological polar surface area (TPSA) is 76.7 Å². The fourth-order valence-electron chi connectivity index (χ4n) is 3.15. The van der Waals surface area contributed by atoms with Gasteiger partial charge in [0.1, 0.15) is 17.7 Å². The van der Waals surface area contributed by atoms with E-state index < -0.39 is 11.9 Å². The van der Waals surface area contributed by atoms with Gasteiger partial charge in [-0.1, -0.05) is 35.3 Å². The van der Waals surface area contributed by atoms with Crippen LogP contribution in [-0.4, -0.2) is 43.7 Å². The maximum absolute atomic E-state index is 13.4. The number of hydrogen-bond acceptors (Lipinski definition) is 4. The number of benzene rings is 2. The highest BCUT2D eigenvalue weighted by atomic mass is 35.5. The molecule has 2 N–H and O–H groups in total. The van der Waals surface area contributed by atoms with Crippen LogP contribution in [0.1, 0.15) is 18.4 Å². The molecule has 2 aromatic carbocycles. The molecule has 9 heteroatoms. The highest BCUT2D eigenvalue weighted by Crippen LogP contribution is 2.20. The number of ether oxygens (including phenoxy) is 2. The van der Waals surface area contributed by atoms with Gasteiger partial charge in [-0.2, -0.15) is 0 Å². The van der Waals surface area contributed by atoms with E-state index in [0.29, 0.717) is 30.8 Å². The molecule has 2 amide bonds. The lowest BCUT2D eigenvalue weighted by atomic mass is 10.0. The van der Waals surface area contributed by atoms with Gasteiger partial charge < -0.3 is 20.1 Å². The molecular weight excluding hydrogens is 446 g/mol. The number of carbonyl (C=O) groups excluding carboxylic acids is 2. The number of halogens is 3. The molecule has 6 nitrogen and oxygen atoms in total. The Morgan fingerprint density at radius 2 is 1.90 bits per heavy atom. The Morgan fingerprint density at radius 3 is 2.58 bits per heavy atom. The monoisotopic (exact) mass is 468 g/mol. The van der Waals surface area contributed by atoms with Crippen LogP contribution in [0, 0.1) is 5.82 Å². The summed E-state index contributed by atoms with van der Waals surface area (Å²) in [4.78, 5) is 24.3. The van der Waals surface area contributed by atoms with Crippen LogP contribution in [0.2, 0.25) is 10.0 Å². The van der Waals surface area contributed by atoms with E-state index in [1.165, 1.54) is 12.1 Å². The van der Waals surface area contributed by atoms with Crippen molar-refractivity contribution in [2.45, 2.75) is 31.4 Å². The molecule has 3 rings (SSSR count). The van der Waals surface area contributed by atoms with Crippen molar-refractivity contribution in [3.8, 4) is 5.75 Å². The van der Waals surface area contributed by atoms with Gasteiger partial charge in [0, 0.05) is 17.6 Å². The third kappa shape index (κ3) is 7.38. The number of amides is 2. The van der Waals surface area contributed by atoms with Crippen LogP contribution in [-0.2, 0) is 20.7 Å². The first-order valence-corrected chi connectivity index (χ1v) is 10.7. The Hall–Kier alpha value is -2.35. The van der Waals surface area contributed by atoms with Crippen molar-refractivity contribution < 1.29 is 23.5 Å². The zero-order chi connectivity index (χ0) is 22.2. The van der Waals surface area contributed by atoms with Crippen molar-refractivity contribution in [3.05, 3.63) is 63.9 Å². The molecule has 1 heterocycles. The van der Waals surface area contributed by atoms with Crippen molar-refractivity contribution >= 4 is 35.0 Å². The largest absolute Gasteiger partial charge is 0.484 e. The number of hydrogen-bond donors (Lipinski definition) is 2. The molecule has 0 saturated carbocycles. The normalized spacial score (nSPS) is 18.3. The van der Waals surface area contributed by atoms with Crippen LogP contribution in [0.4, 0.5) is 4.39 Å². The van der Waals surface area contributed by atoms with E-state index in [4.69, 9.17) is 32.7 Å². The lowest BCUT2D eigenvalue weighted by Crippen LogP contribution is -2.48. The zero-order valence-electron chi connectivity index (χ0n) is 16.7. The van der Waals surface area contributed by atoms with Crippen LogP contribution in [0.15, 0.2) is 42.5 Å². The summed E-state index contributed by atoms with van der Waals surface area (Å²) in [6.07, 6.45) is 1.27. The highest BCUT2D eigenvalue weighted by Gasteiger charge is 2.27. The Kier molecular flexibility index (Phi) is 8.51. The van der Waals surface area contributed by atoms with Crippen LogP contribution in [0.3, 0.4) is 0 Å². The third-order valence-corrected chi connectivity index (χ3v) is 5.38. The van der Waals surface area contributed by atoms with Crippen molar-refractivity contribution in [2.24, 2.45) is 0 Å². The molecule has 0 aromatic heterocycles. The Bertz CT molecular complexity index is 903. The Labute approximate surface area is 190 Å². The molecule has 0 bridgehead atoms. The van der Waals surface area contributed by atoms with Crippen LogP contribution >= 0.6 is 23.2 Å². The van der Waals surface area contributed by atoms with E-state index in [0.717, 1.165) is 11.6 Å². The maximum Gasteiger partial charge on any atom is 0.258 e. The molecule has 31 heavy (non-hydrogen) atoms. The van der Waals surface area contributed by atoms with Gasteiger partial charge >= 0.3 is 0 Å². The SMILES string of the molecule is O=C(COc1ccc(Cl)c(F)c1)N[C@@H]1CC[C@H](C(=O)NCCc2ccc(Cl)cc2)OC1. The number of carbonyl (C=O) groups is 2. The first-order chi connectivity index (χ1) is 14.9. The van der Waals surface area contributed by atoms with E-state index in [2.05, 4.69) is 10.6 Å². The quantitative estimate of drug-likeness (QED) is 0.621. The maximum atomic E-state index is 13.4. The summed E-state index contributed by atoms with van der Waals surface area (Å²) in [6.45, 7) is 0.478. The third-order valence-electron chi connectivity index (χ3n) is 4.82. The molecule has 0 radical (unpaired) electrons. The summed E-state index contributed by atoms with van der Waals surface area (Å²) in [5.41, 5.74) is 1.08. The first kappa shape index (κ1) is 23.3. The van der Waals surface area contributed by atoms with Crippen molar-refractivity contribution in [1.82, 2.24) is 10.6 Å². The van der Waals surface area contributed by atoms with Crippen molar-refractivity contribution in [2.75, 3.05) is 19.8 Å². The summed E-state index contributed by atoms with van der Waals surface area (Å²) in [5.74, 6) is -0.910. The molecule has 1 fully saturated rings. The number of rotatable bonds is 8. The summed E-state index contributed by atoms with van der Waals surface area (Å²) >= 11 is 11.5. The first-order valence-electron chi connectivity index (χ1n) is 9.91. The number of nitrogens with one attached hydrogen (secondary N) is 2. The lowest BCUT2D eigenvalue weighted by Gasteiger charge is -2.28. The van der Waals surface area contributed by atoms with Gasteiger partial charge in [-0.15, -0.1) is 0 Å². The average molecular weight is 469 g/mol. The van der Waals surface area contributed by atoms with Gasteiger partial charge in [0.2, 0.25) is 5.91 Å². The minimum atomic E-state index is -0.613. The fourth-order valence-corrected chi connectivity index (χ4v) is 3.40. The Morgan fingerprint density at radius 1 is 1.13 bits per heavy atom. The second-order valence-corrected chi connectivity index (χ2v) is 8.04. The van der Waals surface area contributed by atoms with Crippen LogP contribution < -0.4 is 15.4 Å². The predicted octanol–water partition coefficient (Wildman–Crippen LogP) is 3.53. The summed E-state index contributed by atoms with van der Waals surface area (Å²) in [5, 5.41) is 6.33. The van der Waals surface area contributed by atoms with E-state index in [1.807, 2.05) is 24.3 Å². The standard InChI is InChI=1S/C22H23Cl2FN2O4/c23-15-3-1-14(2-4-15)9-10-26-22(29)20-8-5-16(12-31-20)27-21(28)13-30-17-6-7-18(24)19(25)11-17/h1-4,6-7,11,16,20H,5,8-10,12-13H2,(H,26,29)(H,27,28)/t16-,20-/m1/s1. The molecule has 2 atom stereocenters. The second-order valence-electron chi connectivity index (χ2n) is 7.20.